The summed E-state index contributed by atoms with van der Waals surface area (Å²) < 4.78 is 15.9. The molecule has 9 nitrogen and oxygen atoms in total. The second kappa shape index (κ2) is 7.86. The van der Waals surface area contributed by atoms with Crippen LogP contribution in [-0.2, 0) is 13.7 Å². The fraction of sp³-hybridized carbons (Fsp3) is 0.238. The lowest BCUT2D eigenvalue weighted by molar-refractivity contribution is 0.294. The van der Waals surface area contributed by atoms with Crippen molar-refractivity contribution >= 4 is 0 Å². The van der Waals surface area contributed by atoms with Crippen molar-refractivity contribution in [2.45, 2.75) is 20.5 Å². The molecule has 9 heteroatoms. The van der Waals surface area contributed by atoms with Crippen LogP contribution in [-0.4, -0.2) is 36.7 Å². The van der Waals surface area contributed by atoms with Crippen molar-refractivity contribution in [1.29, 1.82) is 0 Å². The predicted octanol–water partition coefficient (Wildman–Crippen LogP) is 2.36. The number of rotatable bonds is 6. The van der Waals surface area contributed by atoms with Crippen molar-refractivity contribution in [2.75, 3.05) is 7.11 Å². The first kappa shape index (κ1) is 19.4. The number of hydrogen-bond acceptors (Lipinski definition) is 6. The van der Waals surface area contributed by atoms with Gasteiger partial charge in [-0.05, 0) is 66.2 Å². The van der Waals surface area contributed by atoms with Gasteiger partial charge in [0.1, 0.15) is 18.1 Å². The van der Waals surface area contributed by atoms with E-state index in [9.17, 15) is 4.79 Å². The van der Waals surface area contributed by atoms with Gasteiger partial charge in [0.05, 0.1) is 24.0 Å². The molecule has 0 aliphatic rings. The molecule has 0 saturated carbocycles. The lowest BCUT2D eigenvalue weighted by atomic mass is 10.1. The van der Waals surface area contributed by atoms with Crippen molar-refractivity contribution in [3.8, 4) is 22.9 Å². The minimum atomic E-state index is -0.348. The van der Waals surface area contributed by atoms with E-state index >= 15 is 0 Å². The van der Waals surface area contributed by atoms with E-state index in [-0.39, 0.29) is 12.3 Å². The number of aryl methyl sites for hydroxylation is 3. The summed E-state index contributed by atoms with van der Waals surface area (Å²) in [5, 5.41) is 12.1. The molecule has 0 radical (unpaired) electrons. The van der Waals surface area contributed by atoms with Crippen molar-refractivity contribution in [3.05, 3.63) is 76.0 Å². The van der Waals surface area contributed by atoms with E-state index in [4.69, 9.17) is 9.47 Å². The van der Waals surface area contributed by atoms with Crippen LogP contribution >= 0.6 is 0 Å². The summed E-state index contributed by atoms with van der Waals surface area (Å²) in [6, 6.07) is 13.2. The maximum Gasteiger partial charge on any atom is 0.368 e. The van der Waals surface area contributed by atoms with Crippen LogP contribution < -0.4 is 15.2 Å². The van der Waals surface area contributed by atoms with E-state index < -0.39 is 0 Å². The zero-order valence-electron chi connectivity index (χ0n) is 17.2. The molecule has 0 saturated heterocycles. The number of hydrogen-bond donors (Lipinski definition) is 0. The van der Waals surface area contributed by atoms with E-state index in [1.165, 1.54) is 9.36 Å². The number of benzene rings is 2. The Bertz CT molecular complexity index is 1250. The van der Waals surface area contributed by atoms with Gasteiger partial charge in [0, 0.05) is 18.9 Å². The molecule has 0 fully saturated rings. The third kappa shape index (κ3) is 3.45. The van der Waals surface area contributed by atoms with Gasteiger partial charge < -0.3 is 9.47 Å². The summed E-state index contributed by atoms with van der Waals surface area (Å²) in [7, 11) is 3.13. The van der Waals surface area contributed by atoms with E-state index in [1.54, 1.807) is 32.5 Å². The molecule has 2 heterocycles. The van der Waals surface area contributed by atoms with Gasteiger partial charge in [-0.3, -0.25) is 0 Å². The Morgan fingerprint density at radius 2 is 1.83 bits per heavy atom. The number of aromatic nitrogens is 6. The van der Waals surface area contributed by atoms with Crippen LogP contribution in [0.15, 0.2) is 53.5 Å². The normalized spacial score (nSPS) is 10.9. The van der Waals surface area contributed by atoms with Gasteiger partial charge in [-0.2, -0.15) is 14.5 Å². The Balaban J connectivity index is 1.65. The second-order valence-corrected chi connectivity index (χ2v) is 6.88. The van der Waals surface area contributed by atoms with E-state index in [0.29, 0.717) is 17.0 Å². The SMILES string of the molecule is COc1cccc(-n2nnn(C)c2=O)c1COc1ccc(-n2nccc2C)cc1C. The fourth-order valence-corrected chi connectivity index (χ4v) is 3.27. The molecule has 0 atom stereocenters. The van der Waals surface area contributed by atoms with Crippen LogP contribution in [0.3, 0.4) is 0 Å². The number of tetrazole rings is 1. The molecule has 30 heavy (non-hydrogen) atoms. The zero-order chi connectivity index (χ0) is 21.3. The first-order valence-corrected chi connectivity index (χ1v) is 9.39. The van der Waals surface area contributed by atoms with Crippen LogP contribution in [0.5, 0.6) is 11.5 Å². The van der Waals surface area contributed by atoms with Crippen LogP contribution in [0.25, 0.3) is 11.4 Å². The molecule has 0 bridgehead atoms. The zero-order valence-corrected chi connectivity index (χ0v) is 17.2. The average Bonchev–Trinajstić information content (AvgIpc) is 3.32. The summed E-state index contributed by atoms with van der Waals surface area (Å²) >= 11 is 0. The van der Waals surface area contributed by atoms with Gasteiger partial charge in [-0.15, -0.1) is 0 Å². The molecule has 2 aromatic carbocycles. The molecular weight excluding hydrogens is 384 g/mol. The number of nitrogens with zero attached hydrogens (tertiary/aromatic N) is 6. The average molecular weight is 406 g/mol. The molecular formula is C21H22N6O3. The van der Waals surface area contributed by atoms with Crippen LogP contribution in [0.2, 0.25) is 0 Å². The summed E-state index contributed by atoms with van der Waals surface area (Å²) in [5.41, 5.74) is 3.90. The standard InChI is InChI=1S/C21H22N6O3/c1-14-12-16(26-15(2)10-11-22-26)8-9-19(14)30-13-17-18(6-5-7-20(17)29-4)27-21(28)25(3)23-24-27/h5-12H,13H2,1-4H3. The molecule has 0 aliphatic carbocycles. The van der Waals surface area contributed by atoms with Gasteiger partial charge in [0.2, 0.25) is 0 Å². The van der Waals surface area contributed by atoms with Gasteiger partial charge in [0.25, 0.3) is 0 Å². The highest BCUT2D eigenvalue weighted by atomic mass is 16.5. The Kier molecular flexibility index (Phi) is 5.09. The molecule has 0 spiro atoms. The number of methoxy groups -OCH3 is 1. The summed E-state index contributed by atoms with van der Waals surface area (Å²) in [6.07, 6.45) is 1.77. The van der Waals surface area contributed by atoms with Gasteiger partial charge in [-0.25, -0.2) is 9.48 Å². The third-order valence-corrected chi connectivity index (χ3v) is 4.89. The maximum absolute atomic E-state index is 12.3. The largest absolute Gasteiger partial charge is 0.496 e. The molecule has 2 aromatic heterocycles. The van der Waals surface area contributed by atoms with Crippen molar-refractivity contribution in [3.63, 3.8) is 0 Å². The molecule has 0 aliphatic heterocycles. The first-order valence-electron chi connectivity index (χ1n) is 9.39. The topological polar surface area (TPSA) is 89.0 Å². The van der Waals surface area contributed by atoms with Crippen molar-refractivity contribution in [2.24, 2.45) is 7.05 Å². The van der Waals surface area contributed by atoms with Crippen molar-refractivity contribution < 1.29 is 9.47 Å². The lowest BCUT2D eigenvalue weighted by Gasteiger charge is -2.15. The van der Waals surface area contributed by atoms with E-state index in [2.05, 4.69) is 15.5 Å². The van der Waals surface area contributed by atoms with Gasteiger partial charge >= 0.3 is 5.69 Å². The monoisotopic (exact) mass is 406 g/mol. The van der Waals surface area contributed by atoms with Gasteiger partial charge in [-0.1, -0.05) is 6.07 Å². The smallest absolute Gasteiger partial charge is 0.368 e. The first-order chi connectivity index (χ1) is 14.5. The molecule has 0 amide bonds. The van der Waals surface area contributed by atoms with Crippen molar-refractivity contribution in [1.82, 2.24) is 29.6 Å². The highest BCUT2D eigenvalue weighted by molar-refractivity contribution is 5.49. The van der Waals surface area contributed by atoms with Gasteiger partial charge in [0.15, 0.2) is 0 Å². The van der Waals surface area contributed by atoms with Crippen LogP contribution in [0, 0.1) is 13.8 Å². The number of ether oxygens (including phenoxy) is 2. The van der Waals surface area contributed by atoms with Crippen LogP contribution in [0.4, 0.5) is 0 Å². The molecule has 4 rings (SSSR count). The third-order valence-electron chi connectivity index (χ3n) is 4.89. The highest BCUT2D eigenvalue weighted by Gasteiger charge is 2.16. The fourth-order valence-electron chi connectivity index (χ4n) is 3.27. The lowest BCUT2D eigenvalue weighted by Crippen LogP contribution is -2.23. The van der Waals surface area contributed by atoms with Crippen LogP contribution in [0.1, 0.15) is 16.8 Å². The summed E-state index contributed by atoms with van der Waals surface area (Å²) in [5.74, 6) is 1.33. The Hall–Kier alpha value is -3.88. The molecule has 0 N–H and O–H groups in total. The molecule has 0 unspecified atom stereocenters. The van der Waals surface area contributed by atoms with E-state index in [0.717, 1.165) is 22.7 Å². The summed E-state index contributed by atoms with van der Waals surface area (Å²) in [4.78, 5) is 12.3. The summed E-state index contributed by atoms with van der Waals surface area (Å²) in [6.45, 7) is 4.18. The minimum absolute atomic E-state index is 0.198. The second-order valence-electron chi connectivity index (χ2n) is 6.88. The van der Waals surface area contributed by atoms with E-state index in [1.807, 2.05) is 48.9 Å². The Morgan fingerprint density at radius 1 is 1.00 bits per heavy atom. The Morgan fingerprint density at radius 3 is 2.47 bits per heavy atom. The quantitative estimate of drug-likeness (QED) is 0.488. The highest BCUT2D eigenvalue weighted by Crippen LogP contribution is 2.28. The Labute approximate surface area is 173 Å². The predicted molar refractivity (Wildman–Crippen MR) is 111 cm³/mol. The maximum atomic E-state index is 12.3. The molecule has 154 valence electrons. The molecule has 4 aromatic rings. The minimum Gasteiger partial charge on any atom is -0.496 e.